The van der Waals surface area contributed by atoms with Gasteiger partial charge in [-0.1, -0.05) is 23.2 Å². The van der Waals surface area contributed by atoms with Crippen molar-refractivity contribution in [2.45, 2.75) is 6.92 Å². The van der Waals surface area contributed by atoms with Gasteiger partial charge in [0.1, 0.15) is 17.2 Å². The van der Waals surface area contributed by atoms with Crippen LogP contribution in [0.3, 0.4) is 0 Å². The molecule has 8 heteroatoms. The summed E-state index contributed by atoms with van der Waals surface area (Å²) in [5, 5.41) is 14.0. The van der Waals surface area contributed by atoms with Gasteiger partial charge in [-0.2, -0.15) is 0 Å². The van der Waals surface area contributed by atoms with Crippen LogP contribution in [0.2, 0.25) is 10.0 Å². The first-order chi connectivity index (χ1) is 13.9. The molecule has 0 aliphatic rings. The zero-order valence-electron chi connectivity index (χ0n) is 15.5. The van der Waals surface area contributed by atoms with E-state index in [0.29, 0.717) is 38.5 Å². The third-order valence-electron chi connectivity index (χ3n) is 4.49. The first-order valence-corrected chi connectivity index (χ1v) is 9.40. The normalized spacial score (nSPS) is 11.1. The predicted octanol–water partition coefficient (Wildman–Crippen LogP) is 6.21. The maximum atomic E-state index is 14.3. The number of halogens is 3. The average Bonchev–Trinajstić information content (AvgIpc) is 3.04. The molecule has 0 radical (unpaired) electrons. The van der Waals surface area contributed by atoms with Crippen molar-refractivity contribution in [3.8, 4) is 22.8 Å². The Morgan fingerprint density at radius 2 is 1.90 bits per heavy atom. The molecule has 29 heavy (non-hydrogen) atoms. The Balaban J connectivity index is 1.93. The minimum absolute atomic E-state index is 0.0220. The second-order valence-corrected chi connectivity index (χ2v) is 7.32. The highest BCUT2D eigenvalue weighted by Crippen LogP contribution is 2.38. The number of aromatic hydroxyl groups is 1. The van der Waals surface area contributed by atoms with E-state index in [2.05, 4.69) is 10.3 Å². The molecule has 2 heterocycles. The number of rotatable bonds is 4. The molecule has 0 aliphatic heterocycles. The highest BCUT2D eigenvalue weighted by molar-refractivity contribution is 6.42. The van der Waals surface area contributed by atoms with E-state index in [4.69, 9.17) is 27.9 Å². The molecule has 2 aromatic heterocycles. The highest BCUT2D eigenvalue weighted by Gasteiger charge is 2.19. The van der Waals surface area contributed by atoms with E-state index in [1.165, 1.54) is 19.2 Å². The van der Waals surface area contributed by atoms with Gasteiger partial charge in [-0.3, -0.25) is 4.40 Å². The van der Waals surface area contributed by atoms with Gasteiger partial charge < -0.3 is 15.2 Å². The van der Waals surface area contributed by atoms with Crippen molar-refractivity contribution in [3.05, 3.63) is 70.1 Å². The van der Waals surface area contributed by atoms with E-state index >= 15 is 0 Å². The molecule has 0 amide bonds. The Labute approximate surface area is 176 Å². The summed E-state index contributed by atoms with van der Waals surface area (Å²) in [5.74, 6) is -0.720. The van der Waals surface area contributed by atoms with Gasteiger partial charge in [-0.15, -0.1) is 0 Å². The lowest BCUT2D eigenvalue weighted by Crippen LogP contribution is -1.98. The molecule has 5 nitrogen and oxygen atoms in total. The number of phenols is 1. The average molecular weight is 432 g/mol. The van der Waals surface area contributed by atoms with E-state index in [0.717, 1.165) is 5.56 Å². The zero-order chi connectivity index (χ0) is 20.7. The maximum absolute atomic E-state index is 14.3. The summed E-state index contributed by atoms with van der Waals surface area (Å²) >= 11 is 12.2. The van der Waals surface area contributed by atoms with Crippen LogP contribution in [0.1, 0.15) is 5.56 Å². The van der Waals surface area contributed by atoms with Crippen LogP contribution in [-0.2, 0) is 0 Å². The first-order valence-electron chi connectivity index (χ1n) is 8.65. The molecular formula is C21H16Cl2FN3O2. The minimum Gasteiger partial charge on any atom is -0.502 e. The third-order valence-corrected chi connectivity index (χ3v) is 5.22. The lowest BCUT2D eigenvalue weighted by molar-refractivity contribution is 0.357. The second kappa shape index (κ2) is 7.46. The van der Waals surface area contributed by atoms with Crippen molar-refractivity contribution >= 4 is 40.4 Å². The Hall–Kier alpha value is -2.96. The number of hydrogen-bond donors (Lipinski definition) is 2. The fourth-order valence-electron chi connectivity index (χ4n) is 3.04. The predicted molar refractivity (Wildman–Crippen MR) is 113 cm³/mol. The lowest BCUT2D eigenvalue weighted by Gasteiger charge is -2.11. The quantitative estimate of drug-likeness (QED) is 0.402. The molecule has 0 fully saturated rings. The van der Waals surface area contributed by atoms with Gasteiger partial charge in [-0.05, 0) is 55.0 Å². The summed E-state index contributed by atoms with van der Waals surface area (Å²) < 4.78 is 21.2. The fourth-order valence-corrected chi connectivity index (χ4v) is 3.34. The largest absolute Gasteiger partial charge is 0.502 e. The standard InChI is InChI=1S/C21H16Cl2FN3O2/c1-11-5-6-27-18(7-11)26-19(12-8-16(24)20(28)17(9-12)29-2)21(27)25-13-3-4-14(22)15(23)10-13/h3-10,25,28H,1-2H3. The Kier molecular flexibility index (Phi) is 4.98. The van der Waals surface area contributed by atoms with Crippen LogP contribution in [0.15, 0.2) is 48.7 Å². The van der Waals surface area contributed by atoms with E-state index in [9.17, 15) is 9.50 Å². The number of pyridine rings is 1. The van der Waals surface area contributed by atoms with E-state index in [1.54, 1.807) is 18.2 Å². The third kappa shape index (κ3) is 3.57. The molecule has 2 N–H and O–H groups in total. The molecule has 148 valence electrons. The number of aryl methyl sites for hydroxylation is 1. The second-order valence-electron chi connectivity index (χ2n) is 6.50. The molecule has 0 saturated carbocycles. The first kappa shape index (κ1) is 19.4. The van der Waals surface area contributed by atoms with Gasteiger partial charge in [0.05, 0.1) is 17.2 Å². The summed E-state index contributed by atoms with van der Waals surface area (Å²) in [6.45, 7) is 1.96. The van der Waals surface area contributed by atoms with Crippen molar-refractivity contribution in [1.82, 2.24) is 9.38 Å². The minimum atomic E-state index is -0.798. The van der Waals surface area contributed by atoms with Crippen LogP contribution in [0.25, 0.3) is 16.9 Å². The van der Waals surface area contributed by atoms with Crippen molar-refractivity contribution in [2.75, 3.05) is 12.4 Å². The van der Waals surface area contributed by atoms with Crippen molar-refractivity contribution in [3.63, 3.8) is 0 Å². The van der Waals surface area contributed by atoms with E-state index in [-0.39, 0.29) is 5.75 Å². The van der Waals surface area contributed by atoms with Gasteiger partial charge >= 0.3 is 0 Å². The molecular weight excluding hydrogens is 416 g/mol. The molecule has 4 aromatic rings. The fraction of sp³-hybridized carbons (Fsp3) is 0.0952. The number of fused-ring (bicyclic) bond motifs is 1. The molecule has 0 bridgehead atoms. The number of nitrogens with one attached hydrogen (secondary N) is 1. The van der Waals surface area contributed by atoms with Gasteiger partial charge in [0, 0.05) is 17.4 Å². The number of benzene rings is 2. The molecule has 0 aliphatic carbocycles. The van der Waals surface area contributed by atoms with Crippen LogP contribution < -0.4 is 10.1 Å². The van der Waals surface area contributed by atoms with E-state index < -0.39 is 11.6 Å². The number of anilines is 2. The Morgan fingerprint density at radius 3 is 2.62 bits per heavy atom. The van der Waals surface area contributed by atoms with Crippen LogP contribution in [0.4, 0.5) is 15.9 Å². The topological polar surface area (TPSA) is 58.8 Å². The summed E-state index contributed by atoms with van der Waals surface area (Å²) in [4.78, 5) is 4.66. The number of aromatic nitrogens is 2. The Bertz CT molecular complexity index is 1240. The zero-order valence-corrected chi connectivity index (χ0v) is 17.0. The summed E-state index contributed by atoms with van der Waals surface area (Å²) in [6.07, 6.45) is 1.87. The van der Waals surface area contributed by atoms with Crippen LogP contribution in [-0.4, -0.2) is 21.6 Å². The van der Waals surface area contributed by atoms with Gasteiger partial charge in [0.15, 0.2) is 17.3 Å². The van der Waals surface area contributed by atoms with Crippen LogP contribution >= 0.6 is 23.2 Å². The monoisotopic (exact) mass is 431 g/mol. The number of imidazole rings is 1. The van der Waals surface area contributed by atoms with Crippen LogP contribution in [0, 0.1) is 12.7 Å². The van der Waals surface area contributed by atoms with Crippen molar-refractivity contribution in [2.24, 2.45) is 0 Å². The number of phenolic OH excluding ortho intramolecular Hbond substituents is 1. The smallest absolute Gasteiger partial charge is 0.194 e. The van der Waals surface area contributed by atoms with E-state index in [1.807, 2.05) is 29.7 Å². The van der Waals surface area contributed by atoms with Crippen molar-refractivity contribution in [1.29, 1.82) is 0 Å². The summed E-state index contributed by atoms with van der Waals surface area (Å²) in [6, 6.07) is 11.8. The summed E-state index contributed by atoms with van der Waals surface area (Å²) in [7, 11) is 1.36. The molecule has 2 aromatic carbocycles. The molecule has 0 atom stereocenters. The number of ether oxygens (including phenoxy) is 1. The van der Waals surface area contributed by atoms with Crippen molar-refractivity contribution < 1.29 is 14.2 Å². The highest BCUT2D eigenvalue weighted by atomic mass is 35.5. The van der Waals surface area contributed by atoms with Gasteiger partial charge in [0.2, 0.25) is 0 Å². The van der Waals surface area contributed by atoms with Gasteiger partial charge in [0.25, 0.3) is 0 Å². The molecule has 0 unspecified atom stereocenters. The van der Waals surface area contributed by atoms with Crippen LogP contribution in [0.5, 0.6) is 11.5 Å². The Morgan fingerprint density at radius 1 is 1.10 bits per heavy atom. The van der Waals surface area contributed by atoms with Gasteiger partial charge in [-0.25, -0.2) is 9.37 Å². The molecule has 0 saturated heterocycles. The SMILES string of the molecule is COc1cc(-c2nc3cc(C)ccn3c2Nc2ccc(Cl)c(Cl)c2)cc(F)c1O. The number of hydrogen-bond acceptors (Lipinski definition) is 4. The lowest BCUT2D eigenvalue weighted by atomic mass is 10.1. The number of methoxy groups -OCH3 is 1. The molecule has 4 rings (SSSR count). The number of nitrogens with zero attached hydrogens (tertiary/aromatic N) is 2. The maximum Gasteiger partial charge on any atom is 0.194 e. The molecule has 0 spiro atoms. The summed E-state index contributed by atoms with van der Waals surface area (Å²) in [5.41, 5.74) is 3.33.